The highest BCUT2D eigenvalue weighted by Crippen LogP contribution is 2.39. The van der Waals surface area contributed by atoms with Crippen molar-refractivity contribution in [3.63, 3.8) is 0 Å². The van der Waals surface area contributed by atoms with Crippen molar-refractivity contribution in [2.24, 2.45) is 0 Å². The normalized spacial score (nSPS) is 17.9. The summed E-state index contributed by atoms with van der Waals surface area (Å²) in [5.41, 5.74) is 2.29. The fraction of sp³-hybridized carbons (Fsp3) is 0.292. The molecule has 1 amide bonds. The Bertz CT molecular complexity index is 1010. The topological polar surface area (TPSA) is 94.9 Å². The van der Waals surface area contributed by atoms with Crippen LogP contribution in [0, 0.1) is 6.92 Å². The third-order valence-corrected chi connectivity index (χ3v) is 5.87. The number of hydrogen-bond donors (Lipinski definition) is 2. The summed E-state index contributed by atoms with van der Waals surface area (Å²) in [5, 5.41) is 19.8. The van der Waals surface area contributed by atoms with Crippen molar-refractivity contribution in [3.05, 3.63) is 75.3 Å². The first-order chi connectivity index (χ1) is 14.8. The Morgan fingerprint density at radius 3 is 2.23 bits per heavy atom. The molecular weight excluding hydrogens is 462 g/mol. The number of ketones is 1. The van der Waals surface area contributed by atoms with E-state index < -0.39 is 23.7 Å². The zero-order valence-electron chi connectivity index (χ0n) is 17.2. The monoisotopic (exact) mass is 485 g/mol. The number of hydrogen-bond acceptors (Lipinski definition) is 4. The second kappa shape index (κ2) is 9.92. The summed E-state index contributed by atoms with van der Waals surface area (Å²) in [6.07, 6.45) is 1.77. The Kier molecular flexibility index (Phi) is 7.28. The Hall–Kier alpha value is -2.93. The van der Waals surface area contributed by atoms with E-state index in [9.17, 15) is 19.5 Å². The molecule has 0 saturated carbocycles. The van der Waals surface area contributed by atoms with Crippen molar-refractivity contribution in [2.45, 2.75) is 38.6 Å². The molecule has 6 nitrogen and oxygen atoms in total. The maximum absolute atomic E-state index is 12.9. The number of aliphatic carboxylic acids is 1. The molecule has 2 N–H and O–H groups in total. The molecule has 2 aromatic rings. The molecule has 0 radical (unpaired) electrons. The number of rotatable bonds is 8. The van der Waals surface area contributed by atoms with Crippen molar-refractivity contribution in [3.8, 4) is 0 Å². The van der Waals surface area contributed by atoms with Crippen molar-refractivity contribution in [1.82, 2.24) is 4.90 Å². The summed E-state index contributed by atoms with van der Waals surface area (Å²) in [6.45, 7) is 2.23. The maximum Gasteiger partial charge on any atom is 0.303 e. The van der Waals surface area contributed by atoms with Crippen LogP contribution in [-0.2, 0) is 14.4 Å². The number of aliphatic hydroxyl groups excluding tert-OH is 1. The van der Waals surface area contributed by atoms with Crippen molar-refractivity contribution >= 4 is 39.3 Å². The number of unbranched alkanes of at least 4 members (excludes halogenated alkanes) is 2. The van der Waals surface area contributed by atoms with Gasteiger partial charge < -0.3 is 15.1 Å². The van der Waals surface area contributed by atoms with E-state index in [0.29, 0.717) is 31.4 Å². The van der Waals surface area contributed by atoms with Gasteiger partial charge in [0.2, 0.25) is 0 Å². The van der Waals surface area contributed by atoms with E-state index in [1.165, 1.54) is 4.90 Å². The number of nitrogens with zero attached hydrogens (tertiary/aromatic N) is 1. The number of amides is 1. The highest BCUT2D eigenvalue weighted by molar-refractivity contribution is 9.10. The van der Waals surface area contributed by atoms with Crippen LogP contribution in [-0.4, -0.2) is 39.3 Å². The average molecular weight is 486 g/mol. The molecular formula is C24H24BrNO5. The lowest BCUT2D eigenvalue weighted by Crippen LogP contribution is -2.30. The summed E-state index contributed by atoms with van der Waals surface area (Å²) in [5.74, 6) is -2.41. The molecule has 0 bridgehead atoms. The fourth-order valence-corrected chi connectivity index (χ4v) is 3.97. The van der Waals surface area contributed by atoms with E-state index in [1.807, 2.05) is 43.3 Å². The van der Waals surface area contributed by atoms with Crippen molar-refractivity contribution in [2.75, 3.05) is 6.54 Å². The lowest BCUT2D eigenvalue weighted by atomic mass is 9.95. The van der Waals surface area contributed by atoms with Gasteiger partial charge in [-0.3, -0.25) is 14.4 Å². The van der Waals surface area contributed by atoms with Crippen LogP contribution in [0.4, 0.5) is 0 Å². The molecule has 1 aliphatic heterocycles. The number of carbonyl (C=O) groups is 3. The molecule has 1 heterocycles. The van der Waals surface area contributed by atoms with Crippen LogP contribution in [0.5, 0.6) is 0 Å². The molecule has 7 heteroatoms. The number of halogens is 1. The molecule has 0 spiro atoms. The number of carboxylic acids is 1. The van der Waals surface area contributed by atoms with Crippen LogP contribution in [0.2, 0.25) is 0 Å². The van der Waals surface area contributed by atoms with Crippen LogP contribution in [0.1, 0.15) is 48.4 Å². The molecule has 3 rings (SSSR count). The van der Waals surface area contributed by atoms with E-state index in [4.69, 9.17) is 5.11 Å². The summed E-state index contributed by atoms with van der Waals surface area (Å²) in [7, 11) is 0. The van der Waals surface area contributed by atoms with Gasteiger partial charge in [0.1, 0.15) is 5.76 Å². The predicted molar refractivity (Wildman–Crippen MR) is 120 cm³/mol. The van der Waals surface area contributed by atoms with Crippen LogP contribution in [0.25, 0.3) is 5.76 Å². The average Bonchev–Trinajstić information content (AvgIpc) is 2.99. The zero-order valence-corrected chi connectivity index (χ0v) is 18.8. The van der Waals surface area contributed by atoms with Gasteiger partial charge in [0.25, 0.3) is 11.7 Å². The van der Waals surface area contributed by atoms with Gasteiger partial charge in [0.05, 0.1) is 11.6 Å². The first kappa shape index (κ1) is 22.7. The summed E-state index contributed by atoms with van der Waals surface area (Å²) < 4.78 is 0.861. The smallest absolute Gasteiger partial charge is 0.303 e. The van der Waals surface area contributed by atoms with Gasteiger partial charge in [-0.25, -0.2) is 0 Å². The second-order valence-corrected chi connectivity index (χ2v) is 8.53. The molecule has 1 fully saturated rings. The highest BCUT2D eigenvalue weighted by atomic mass is 79.9. The predicted octanol–water partition coefficient (Wildman–Crippen LogP) is 4.82. The Morgan fingerprint density at radius 2 is 1.61 bits per heavy atom. The first-order valence-corrected chi connectivity index (χ1v) is 10.9. The van der Waals surface area contributed by atoms with Crippen LogP contribution in [0.3, 0.4) is 0 Å². The van der Waals surface area contributed by atoms with Gasteiger partial charge in [-0.1, -0.05) is 64.3 Å². The summed E-state index contributed by atoms with van der Waals surface area (Å²) in [4.78, 5) is 38.0. The van der Waals surface area contributed by atoms with E-state index in [2.05, 4.69) is 15.9 Å². The Balaban J connectivity index is 1.96. The Labute approximate surface area is 189 Å². The van der Waals surface area contributed by atoms with E-state index >= 15 is 0 Å². The highest BCUT2D eigenvalue weighted by Gasteiger charge is 2.45. The SMILES string of the molecule is Cc1ccc(C(O)=C2C(=O)C(=O)N(CCCCCC(=O)O)[C@@H]2c2ccc(Br)cc2)cc1. The molecule has 0 unspecified atom stereocenters. The van der Waals surface area contributed by atoms with Gasteiger partial charge in [0.15, 0.2) is 0 Å². The van der Waals surface area contributed by atoms with Crippen LogP contribution in [0.15, 0.2) is 58.6 Å². The Morgan fingerprint density at radius 1 is 0.968 bits per heavy atom. The number of aliphatic hydroxyl groups is 1. The quantitative estimate of drug-likeness (QED) is 0.241. The lowest BCUT2D eigenvalue weighted by molar-refractivity contribution is -0.140. The molecule has 162 valence electrons. The van der Waals surface area contributed by atoms with Gasteiger partial charge in [-0.05, 0) is 37.5 Å². The summed E-state index contributed by atoms with van der Waals surface area (Å²) >= 11 is 3.39. The zero-order chi connectivity index (χ0) is 22.5. The van der Waals surface area contributed by atoms with Gasteiger partial charge in [-0.2, -0.15) is 0 Å². The maximum atomic E-state index is 12.9. The third kappa shape index (κ3) is 5.22. The standard InChI is InChI=1S/C24H24BrNO5/c1-15-6-8-17(9-7-15)22(29)20-21(16-10-12-18(25)13-11-16)26(24(31)23(20)30)14-4-2-3-5-19(27)28/h6-13,21,29H,2-5,14H2,1H3,(H,27,28)/t21-/m1/s1. The van der Waals surface area contributed by atoms with Gasteiger partial charge in [0, 0.05) is 23.0 Å². The fourth-order valence-electron chi connectivity index (χ4n) is 3.70. The third-order valence-electron chi connectivity index (χ3n) is 5.34. The number of likely N-dealkylation sites (tertiary alicyclic amines) is 1. The molecule has 0 aliphatic carbocycles. The number of carbonyl (C=O) groups excluding carboxylic acids is 2. The summed E-state index contributed by atoms with van der Waals surface area (Å²) in [6, 6.07) is 13.7. The van der Waals surface area contributed by atoms with Crippen LogP contribution >= 0.6 is 15.9 Å². The van der Waals surface area contributed by atoms with Gasteiger partial charge >= 0.3 is 5.97 Å². The minimum absolute atomic E-state index is 0.0710. The molecule has 2 aromatic carbocycles. The van der Waals surface area contributed by atoms with Crippen LogP contribution < -0.4 is 0 Å². The number of benzene rings is 2. The number of aryl methyl sites for hydroxylation is 1. The number of carboxylic acid groups (broad SMARTS) is 1. The minimum Gasteiger partial charge on any atom is -0.507 e. The first-order valence-electron chi connectivity index (χ1n) is 10.1. The van der Waals surface area contributed by atoms with Gasteiger partial charge in [-0.15, -0.1) is 0 Å². The molecule has 1 saturated heterocycles. The van der Waals surface area contributed by atoms with Crippen molar-refractivity contribution < 1.29 is 24.6 Å². The molecule has 31 heavy (non-hydrogen) atoms. The molecule has 1 atom stereocenters. The van der Waals surface area contributed by atoms with E-state index in [0.717, 1.165) is 15.6 Å². The minimum atomic E-state index is -0.853. The second-order valence-electron chi connectivity index (χ2n) is 7.61. The van der Waals surface area contributed by atoms with E-state index in [1.54, 1.807) is 12.1 Å². The lowest BCUT2D eigenvalue weighted by Gasteiger charge is -2.25. The number of Topliss-reactive ketones (excluding diaryl/α,β-unsaturated/α-hetero) is 1. The molecule has 1 aliphatic rings. The van der Waals surface area contributed by atoms with E-state index in [-0.39, 0.29) is 17.8 Å². The molecule has 0 aromatic heterocycles. The largest absolute Gasteiger partial charge is 0.507 e. The van der Waals surface area contributed by atoms with Crippen molar-refractivity contribution in [1.29, 1.82) is 0 Å².